The lowest BCUT2D eigenvalue weighted by Gasteiger charge is -2.16. The zero-order chi connectivity index (χ0) is 15.2. The molecule has 2 aromatic carbocycles. The van der Waals surface area contributed by atoms with Crippen molar-refractivity contribution in [3.63, 3.8) is 0 Å². The molecule has 110 valence electrons. The van der Waals surface area contributed by atoms with Gasteiger partial charge in [0.2, 0.25) is 0 Å². The lowest BCUT2D eigenvalue weighted by molar-refractivity contribution is 0.0287. The van der Waals surface area contributed by atoms with Crippen LogP contribution in [0.4, 0.5) is 4.39 Å². The molecule has 0 fully saturated rings. The summed E-state index contributed by atoms with van der Waals surface area (Å²) in [4.78, 5) is 12.2. The molecular weight excluding hydrogens is 267 g/mol. The lowest BCUT2D eigenvalue weighted by Crippen LogP contribution is -2.11. The van der Waals surface area contributed by atoms with Gasteiger partial charge in [0.05, 0.1) is 5.56 Å². The summed E-state index contributed by atoms with van der Waals surface area (Å²) in [5.41, 5.74) is 1.79. The molecule has 0 aliphatic heterocycles. The molecule has 0 aromatic heterocycles. The molecule has 2 nitrogen and oxygen atoms in total. The third-order valence-corrected chi connectivity index (χ3v) is 3.46. The predicted molar refractivity (Wildman–Crippen MR) is 80.7 cm³/mol. The maximum Gasteiger partial charge on any atom is 0.338 e. The van der Waals surface area contributed by atoms with Crippen molar-refractivity contribution in [3.8, 4) is 0 Å². The zero-order valence-electron chi connectivity index (χ0n) is 12.3. The Labute approximate surface area is 124 Å². The van der Waals surface area contributed by atoms with Gasteiger partial charge in [-0.25, -0.2) is 9.18 Å². The number of carbonyl (C=O) groups excluding carboxylic acids is 1. The SMILES string of the molecule is CCc1ccc(C(=O)OC(CC)c2ccccc2)cc1F. The monoisotopic (exact) mass is 286 g/mol. The van der Waals surface area contributed by atoms with E-state index in [1.807, 2.05) is 44.2 Å². The molecule has 0 bridgehead atoms. The molecule has 0 aliphatic carbocycles. The van der Waals surface area contributed by atoms with Crippen molar-refractivity contribution in [1.82, 2.24) is 0 Å². The highest BCUT2D eigenvalue weighted by Crippen LogP contribution is 2.22. The van der Waals surface area contributed by atoms with Crippen LogP contribution in [0, 0.1) is 5.82 Å². The largest absolute Gasteiger partial charge is 0.454 e. The highest BCUT2D eigenvalue weighted by atomic mass is 19.1. The maximum absolute atomic E-state index is 13.7. The Balaban J connectivity index is 2.15. The van der Waals surface area contributed by atoms with Crippen LogP contribution >= 0.6 is 0 Å². The average molecular weight is 286 g/mol. The van der Waals surface area contributed by atoms with E-state index in [9.17, 15) is 9.18 Å². The third kappa shape index (κ3) is 3.69. The molecule has 2 aromatic rings. The molecule has 1 unspecified atom stereocenters. The van der Waals surface area contributed by atoms with Gasteiger partial charge < -0.3 is 4.74 Å². The molecule has 0 amide bonds. The van der Waals surface area contributed by atoms with Crippen LogP contribution in [-0.2, 0) is 11.2 Å². The van der Waals surface area contributed by atoms with Crippen molar-refractivity contribution in [2.45, 2.75) is 32.8 Å². The van der Waals surface area contributed by atoms with E-state index in [2.05, 4.69) is 0 Å². The molecule has 0 aliphatic rings. The molecule has 3 heteroatoms. The van der Waals surface area contributed by atoms with Gasteiger partial charge in [0.25, 0.3) is 0 Å². The van der Waals surface area contributed by atoms with Crippen LogP contribution in [-0.4, -0.2) is 5.97 Å². The highest BCUT2D eigenvalue weighted by Gasteiger charge is 2.17. The molecule has 1 atom stereocenters. The molecule has 0 saturated heterocycles. The number of hydrogen-bond donors (Lipinski definition) is 0. The van der Waals surface area contributed by atoms with Crippen LogP contribution in [0.2, 0.25) is 0 Å². The lowest BCUT2D eigenvalue weighted by atomic mass is 10.1. The Morgan fingerprint density at radius 2 is 1.86 bits per heavy atom. The van der Waals surface area contributed by atoms with E-state index in [0.717, 1.165) is 5.56 Å². The second-order valence-electron chi connectivity index (χ2n) is 4.87. The first kappa shape index (κ1) is 15.2. The second-order valence-corrected chi connectivity index (χ2v) is 4.87. The molecule has 2 rings (SSSR count). The second kappa shape index (κ2) is 7.02. The zero-order valence-corrected chi connectivity index (χ0v) is 12.3. The van der Waals surface area contributed by atoms with Crippen LogP contribution in [0.15, 0.2) is 48.5 Å². The minimum atomic E-state index is -0.493. The van der Waals surface area contributed by atoms with Crippen molar-refractivity contribution in [1.29, 1.82) is 0 Å². The van der Waals surface area contributed by atoms with Crippen molar-refractivity contribution in [2.75, 3.05) is 0 Å². The fraction of sp³-hybridized carbons (Fsp3) is 0.278. The first-order valence-corrected chi connectivity index (χ1v) is 7.20. The van der Waals surface area contributed by atoms with Gasteiger partial charge in [0.1, 0.15) is 11.9 Å². The van der Waals surface area contributed by atoms with Crippen LogP contribution in [0.5, 0.6) is 0 Å². The van der Waals surface area contributed by atoms with Crippen molar-refractivity contribution < 1.29 is 13.9 Å². The number of hydrogen-bond acceptors (Lipinski definition) is 2. The van der Waals surface area contributed by atoms with E-state index < -0.39 is 5.97 Å². The first-order chi connectivity index (χ1) is 10.2. The van der Waals surface area contributed by atoms with E-state index in [1.54, 1.807) is 12.1 Å². The fourth-order valence-corrected chi connectivity index (χ4v) is 2.21. The van der Waals surface area contributed by atoms with E-state index in [4.69, 9.17) is 4.74 Å². The number of esters is 1. The molecule has 0 radical (unpaired) electrons. The smallest absolute Gasteiger partial charge is 0.338 e. The molecule has 0 saturated carbocycles. The minimum Gasteiger partial charge on any atom is -0.454 e. The van der Waals surface area contributed by atoms with Crippen LogP contribution in [0.25, 0.3) is 0 Å². The maximum atomic E-state index is 13.7. The molecule has 0 N–H and O–H groups in total. The number of aryl methyl sites for hydroxylation is 1. The Morgan fingerprint density at radius 3 is 2.43 bits per heavy atom. The molecule has 0 spiro atoms. The van der Waals surface area contributed by atoms with Gasteiger partial charge in [0, 0.05) is 0 Å². The Kier molecular flexibility index (Phi) is 5.09. The van der Waals surface area contributed by atoms with Crippen molar-refractivity contribution in [2.24, 2.45) is 0 Å². The highest BCUT2D eigenvalue weighted by molar-refractivity contribution is 5.89. The number of carbonyl (C=O) groups is 1. The molecule has 0 heterocycles. The average Bonchev–Trinajstić information content (AvgIpc) is 2.53. The fourth-order valence-electron chi connectivity index (χ4n) is 2.21. The summed E-state index contributed by atoms with van der Waals surface area (Å²) < 4.78 is 19.2. The third-order valence-electron chi connectivity index (χ3n) is 3.46. The quantitative estimate of drug-likeness (QED) is 0.745. The number of benzene rings is 2. The number of ether oxygens (including phenoxy) is 1. The van der Waals surface area contributed by atoms with Gasteiger partial charge in [0.15, 0.2) is 0 Å². The molecular formula is C18H19FO2. The minimum absolute atomic E-state index is 0.249. The Morgan fingerprint density at radius 1 is 1.14 bits per heavy atom. The van der Waals surface area contributed by atoms with Crippen LogP contribution in [0.3, 0.4) is 0 Å². The van der Waals surface area contributed by atoms with E-state index >= 15 is 0 Å². The van der Waals surface area contributed by atoms with Crippen LogP contribution in [0.1, 0.15) is 47.9 Å². The van der Waals surface area contributed by atoms with Crippen LogP contribution < -0.4 is 0 Å². The Hall–Kier alpha value is -2.16. The number of rotatable bonds is 5. The van der Waals surface area contributed by atoms with Gasteiger partial charge in [-0.1, -0.05) is 50.2 Å². The molecule has 21 heavy (non-hydrogen) atoms. The summed E-state index contributed by atoms with van der Waals surface area (Å²) in [6.45, 7) is 3.82. The Bertz CT molecular complexity index is 608. The summed E-state index contributed by atoms with van der Waals surface area (Å²) in [5.74, 6) is -0.855. The van der Waals surface area contributed by atoms with Gasteiger partial charge in [-0.3, -0.25) is 0 Å². The van der Waals surface area contributed by atoms with Gasteiger partial charge in [-0.15, -0.1) is 0 Å². The predicted octanol–water partition coefficient (Wildman–Crippen LogP) is 4.70. The van der Waals surface area contributed by atoms with E-state index in [-0.39, 0.29) is 17.5 Å². The van der Waals surface area contributed by atoms with E-state index in [0.29, 0.717) is 18.4 Å². The van der Waals surface area contributed by atoms with Gasteiger partial charge in [-0.05, 0) is 36.1 Å². The first-order valence-electron chi connectivity index (χ1n) is 7.20. The van der Waals surface area contributed by atoms with Crippen molar-refractivity contribution >= 4 is 5.97 Å². The number of halogens is 1. The van der Waals surface area contributed by atoms with E-state index in [1.165, 1.54) is 6.07 Å². The van der Waals surface area contributed by atoms with Gasteiger partial charge >= 0.3 is 5.97 Å². The van der Waals surface area contributed by atoms with Crippen molar-refractivity contribution in [3.05, 3.63) is 71.0 Å². The summed E-state index contributed by atoms with van der Waals surface area (Å²) in [6, 6.07) is 14.1. The summed E-state index contributed by atoms with van der Waals surface area (Å²) in [6.07, 6.45) is 0.959. The summed E-state index contributed by atoms with van der Waals surface area (Å²) >= 11 is 0. The summed E-state index contributed by atoms with van der Waals surface area (Å²) in [5, 5.41) is 0. The topological polar surface area (TPSA) is 26.3 Å². The summed E-state index contributed by atoms with van der Waals surface area (Å²) in [7, 11) is 0. The normalized spacial score (nSPS) is 12.0. The standard InChI is InChI=1S/C18H19FO2/c1-3-13-10-11-15(12-16(13)19)18(20)21-17(4-2)14-8-6-5-7-9-14/h5-12,17H,3-4H2,1-2H3. The van der Waals surface area contributed by atoms with Gasteiger partial charge in [-0.2, -0.15) is 0 Å².